The number of benzene rings is 1. The van der Waals surface area contributed by atoms with E-state index in [0.29, 0.717) is 4.47 Å². The number of hydrogen-bond donors (Lipinski definition) is 1. The summed E-state index contributed by atoms with van der Waals surface area (Å²) in [6.07, 6.45) is 0.877. The molecule has 0 heterocycles. The van der Waals surface area contributed by atoms with E-state index < -0.39 is 0 Å². The van der Waals surface area contributed by atoms with Crippen molar-refractivity contribution in [3.8, 4) is 0 Å². The standard InChI is InChI=1S/C8H8BrFS/c9-7-5-6(3-4-11)1-2-8(7)10/h1-2,5,11H,3-4H2. The molecule has 1 aromatic carbocycles. The fraction of sp³-hybridized carbons (Fsp3) is 0.250. The van der Waals surface area contributed by atoms with Crippen LogP contribution in [0.25, 0.3) is 0 Å². The molecule has 0 amide bonds. The fourth-order valence-electron chi connectivity index (χ4n) is 0.824. The summed E-state index contributed by atoms with van der Waals surface area (Å²) in [7, 11) is 0. The first-order valence-corrected chi connectivity index (χ1v) is 4.71. The van der Waals surface area contributed by atoms with Crippen LogP contribution in [0.15, 0.2) is 22.7 Å². The first kappa shape index (κ1) is 9.07. The molecule has 0 spiro atoms. The van der Waals surface area contributed by atoms with Crippen molar-refractivity contribution in [2.45, 2.75) is 6.42 Å². The summed E-state index contributed by atoms with van der Waals surface area (Å²) in [5.41, 5.74) is 1.10. The zero-order chi connectivity index (χ0) is 8.27. The van der Waals surface area contributed by atoms with E-state index in [9.17, 15) is 4.39 Å². The average Bonchev–Trinajstić information content (AvgIpc) is 1.98. The molecule has 0 aliphatic carbocycles. The van der Waals surface area contributed by atoms with Crippen LogP contribution in [0.4, 0.5) is 4.39 Å². The maximum absolute atomic E-state index is 12.7. The highest BCUT2D eigenvalue weighted by atomic mass is 79.9. The third-order valence-corrected chi connectivity index (χ3v) is 2.22. The van der Waals surface area contributed by atoms with Crippen LogP contribution in [0, 0.1) is 5.82 Å². The van der Waals surface area contributed by atoms with Crippen molar-refractivity contribution in [2.24, 2.45) is 0 Å². The Kier molecular flexibility index (Phi) is 3.40. The molecule has 3 heteroatoms. The Morgan fingerprint density at radius 3 is 2.73 bits per heavy atom. The van der Waals surface area contributed by atoms with Crippen LogP contribution >= 0.6 is 28.6 Å². The Morgan fingerprint density at radius 1 is 1.45 bits per heavy atom. The Hall–Kier alpha value is -0.0200. The third kappa shape index (κ3) is 2.49. The van der Waals surface area contributed by atoms with Gasteiger partial charge in [0.1, 0.15) is 5.82 Å². The van der Waals surface area contributed by atoms with Gasteiger partial charge in [-0.25, -0.2) is 4.39 Å². The van der Waals surface area contributed by atoms with Gasteiger partial charge in [0.25, 0.3) is 0 Å². The molecule has 0 nitrogen and oxygen atoms in total. The zero-order valence-electron chi connectivity index (χ0n) is 5.85. The van der Waals surface area contributed by atoms with Gasteiger partial charge in [-0.05, 0) is 45.8 Å². The van der Waals surface area contributed by atoms with E-state index in [2.05, 4.69) is 28.6 Å². The smallest absolute Gasteiger partial charge is 0.137 e. The summed E-state index contributed by atoms with van der Waals surface area (Å²) in [4.78, 5) is 0. The highest BCUT2D eigenvalue weighted by Gasteiger charge is 1.98. The van der Waals surface area contributed by atoms with Crippen LogP contribution in [0.1, 0.15) is 5.56 Å². The number of halogens is 2. The maximum atomic E-state index is 12.7. The summed E-state index contributed by atoms with van der Waals surface area (Å²) in [6, 6.07) is 5.02. The Balaban J connectivity index is 2.86. The highest BCUT2D eigenvalue weighted by molar-refractivity contribution is 9.10. The second kappa shape index (κ2) is 4.12. The summed E-state index contributed by atoms with van der Waals surface area (Å²) in [5.74, 6) is 0.575. The highest BCUT2D eigenvalue weighted by Crippen LogP contribution is 2.17. The largest absolute Gasteiger partial charge is 0.206 e. The number of thiol groups is 1. The summed E-state index contributed by atoms with van der Waals surface area (Å²) < 4.78 is 13.2. The van der Waals surface area contributed by atoms with E-state index in [1.165, 1.54) is 6.07 Å². The molecule has 0 fully saturated rings. The van der Waals surface area contributed by atoms with Crippen molar-refractivity contribution in [2.75, 3.05) is 5.75 Å². The van der Waals surface area contributed by atoms with Crippen LogP contribution in [-0.4, -0.2) is 5.75 Å². The van der Waals surface area contributed by atoms with Crippen LogP contribution < -0.4 is 0 Å². The van der Waals surface area contributed by atoms with E-state index in [1.807, 2.05) is 0 Å². The van der Waals surface area contributed by atoms with Crippen molar-refractivity contribution in [1.82, 2.24) is 0 Å². The van der Waals surface area contributed by atoms with Crippen LogP contribution in [0.5, 0.6) is 0 Å². The lowest BCUT2D eigenvalue weighted by Gasteiger charge is -1.99. The summed E-state index contributed by atoms with van der Waals surface area (Å²) >= 11 is 7.20. The van der Waals surface area contributed by atoms with Crippen molar-refractivity contribution in [3.63, 3.8) is 0 Å². The molecular weight excluding hydrogens is 227 g/mol. The monoisotopic (exact) mass is 234 g/mol. The minimum atomic E-state index is -0.215. The average molecular weight is 235 g/mol. The fourth-order valence-corrected chi connectivity index (χ4v) is 1.51. The van der Waals surface area contributed by atoms with E-state index in [0.717, 1.165) is 17.7 Å². The molecule has 1 rings (SSSR count). The first-order valence-electron chi connectivity index (χ1n) is 3.29. The first-order chi connectivity index (χ1) is 5.24. The molecule has 0 radical (unpaired) electrons. The Morgan fingerprint density at radius 2 is 2.18 bits per heavy atom. The zero-order valence-corrected chi connectivity index (χ0v) is 8.33. The lowest BCUT2D eigenvalue weighted by atomic mass is 10.2. The minimum Gasteiger partial charge on any atom is -0.206 e. The molecule has 0 saturated carbocycles. The molecule has 11 heavy (non-hydrogen) atoms. The Labute approximate surface area is 79.3 Å². The van der Waals surface area contributed by atoms with Gasteiger partial charge in [-0.2, -0.15) is 12.6 Å². The predicted octanol–water partition coefficient (Wildman–Crippen LogP) is 3.06. The summed E-state index contributed by atoms with van der Waals surface area (Å²) in [5, 5.41) is 0. The third-order valence-electron chi connectivity index (χ3n) is 1.38. The number of hydrogen-bond acceptors (Lipinski definition) is 1. The second-order valence-electron chi connectivity index (χ2n) is 2.22. The van der Waals surface area contributed by atoms with Gasteiger partial charge >= 0.3 is 0 Å². The van der Waals surface area contributed by atoms with Crippen molar-refractivity contribution < 1.29 is 4.39 Å². The lowest BCUT2D eigenvalue weighted by molar-refractivity contribution is 0.620. The van der Waals surface area contributed by atoms with Gasteiger partial charge in [0.05, 0.1) is 4.47 Å². The molecule has 1 aromatic rings. The molecule has 0 unspecified atom stereocenters. The van der Waals surface area contributed by atoms with Gasteiger partial charge in [-0.1, -0.05) is 6.07 Å². The number of aryl methyl sites for hydroxylation is 1. The molecule has 0 N–H and O–H groups in total. The second-order valence-corrected chi connectivity index (χ2v) is 3.52. The molecule has 0 bridgehead atoms. The molecule has 0 aliphatic rings. The predicted molar refractivity (Wildman–Crippen MR) is 51.7 cm³/mol. The van der Waals surface area contributed by atoms with Gasteiger partial charge in [0.15, 0.2) is 0 Å². The van der Waals surface area contributed by atoms with E-state index in [-0.39, 0.29) is 5.82 Å². The minimum absolute atomic E-state index is 0.215. The summed E-state index contributed by atoms with van der Waals surface area (Å²) in [6.45, 7) is 0. The van der Waals surface area contributed by atoms with Gasteiger partial charge in [-0.15, -0.1) is 0 Å². The molecule has 0 saturated heterocycles. The van der Waals surface area contributed by atoms with E-state index in [4.69, 9.17) is 0 Å². The molecule has 60 valence electrons. The van der Waals surface area contributed by atoms with Crippen LogP contribution in [0.3, 0.4) is 0 Å². The topological polar surface area (TPSA) is 0 Å². The van der Waals surface area contributed by atoms with Gasteiger partial charge in [0, 0.05) is 0 Å². The quantitative estimate of drug-likeness (QED) is 0.748. The normalized spacial score (nSPS) is 10.1. The molecular formula is C8H8BrFS. The Bertz CT molecular complexity index is 250. The van der Waals surface area contributed by atoms with Gasteiger partial charge < -0.3 is 0 Å². The van der Waals surface area contributed by atoms with Crippen LogP contribution in [0.2, 0.25) is 0 Å². The van der Waals surface area contributed by atoms with Gasteiger partial charge in [0.2, 0.25) is 0 Å². The molecule has 0 atom stereocenters. The van der Waals surface area contributed by atoms with Crippen molar-refractivity contribution in [1.29, 1.82) is 0 Å². The lowest BCUT2D eigenvalue weighted by Crippen LogP contribution is -1.87. The SMILES string of the molecule is Fc1ccc(CCS)cc1Br. The number of rotatable bonds is 2. The van der Waals surface area contributed by atoms with E-state index >= 15 is 0 Å². The van der Waals surface area contributed by atoms with Gasteiger partial charge in [-0.3, -0.25) is 0 Å². The maximum Gasteiger partial charge on any atom is 0.137 e. The molecule has 0 aliphatic heterocycles. The van der Waals surface area contributed by atoms with Crippen molar-refractivity contribution in [3.05, 3.63) is 34.1 Å². The van der Waals surface area contributed by atoms with Crippen LogP contribution in [-0.2, 0) is 6.42 Å². The molecule has 0 aromatic heterocycles. The van der Waals surface area contributed by atoms with E-state index in [1.54, 1.807) is 12.1 Å². The van der Waals surface area contributed by atoms with Crippen molar-refractivity contribution >= 4 is 28.6 Å².